The van der Waals surface area contributed by atoms with Crippen LogP contribution >= 0.6 is 11.3 Å². The first-order chi connectivity index (χ1) is 5.81. The maximum absolute atomic E-state index is 10.6. The Labute approximate surface area is 76.4 Å². The first kappa shape index (κ1) is 7.99. The molecule has 1 heterocycles. The van der Waals surface area contributed by atoms with Gasteiger partial charge < -0.3 is 0 Å². The van der Waals surface area contributed by atoms with E-state index in [0.29, 0.717) is 0 Å². The summed E-state index contributed by atoms with van der Waals surface area (Å²) in [6.07, 6.45) is 4.51. The van der Waals surface area contributed by atoms with Crippen molar-refractivity contribution < 1.29 is 4.79 Å². The van der Waals surface area contributed by atoms with Crippen LogP contribution in [0.1, 0.15) is 34.1 Å². The lowest BCUT2D eigenvalue weighted by Gasteiger charge is -2.18. The van der Waals surface area contributed by atoms with Crippen molar-refractivity contribution in [3.63, 3.8) is 0 Å². The summed E-state index contributed by atoms with van der Waals surface area (Å²) in [5.41, 5.74) is 2.74. The molecule has 2 rings (SSSR count). The molecule has 0 spiro atoms. The monoisotopic (exact) mass is 180 g/mol. The maximum Gasteiger partial charge on any atom is 0.160 e. The Kier molecular flexibility index (Phi) is 2.01. The van der Waals surface area contributed by atoms with Gasteiger partial charge in [0.05, 0.1) is 4.88 Å². The van der Waals surface area contributed by atoms with Crippen molar-refractivity contribution in [2.45, 2.75) is 26.2 Å². The van der Waals surface area contributed by atoms with Gasteiger partial charge in [-0.15, -0.1) is 11.3 Å². The number of fused-ring (bicyclic) bond motifs is 1. The van der Waals surface area contributed by atoms with Crippen molar-refractivity contribution in [2.75, 3.05) is 0 Å². The second-order valence-corrected chi connectivity index (χ2v) is 4.48. The summed E-state index contributed by atoms with van der Waals surface area (Å²) in [6.45, 7) is 2.28. The summed E-state index contributed by atoms with van der Waals surface area (Å²) in [7, 11) is 0. The van der Waals surface area contributed by atoms with Crippen LogP contribution in [0.2, 0.25) is 0 Å². The van der Waals surface area contributed by atoms with Crippen LogP contribution in [0.3, 0.4) is 0 Å². The van der Waals surface area contributed by atoms with E-state index in [0.717, 1.165) is 23.5 Å². The summed E-state index contributed by atoms with van der Waals surface area (Å²) in [4.78, 5) is 11.6. The van der Waals surface area contributed by atoms with Gasteiger partial charge in [0.25, 0.3) is 0 Å². The molecular formula is C10H12OS. The molecule has 0 aromatic carbocycles. The van der Waals surface area contributed by atoms with Crippen molar-refractivity contribution in [2.24, 2.45) is 5.92 Å². The molecule has 1 aromatic heterocycles. The molecule has 12 heavy (non-hydrogen) atoms. The average Bonchev–Trinajstić information content (AvgIpc) is 2.46. The van der Waals surface area contributed by atoms with Gasteiger partial charge in [-0.05, 0) is 41.7 Å². The van der Waals surface area contributed by atoms with Crippen LogP contribution in [0.5, 0.6) is 0 Å². The van der Waals surface area contributed by atoms with E-state index in [2.05, 4.69) is 12.3 Å². The fourth-order valence-corrected chi connectivity index (χ4v) is 2.80. The third kappa shape index (κ3) is 1.20. The highest BCUT2D eigenvalue weighted by molar-refractivity contribution is 7.12. The fraction of sp³-hybridized carbons (Fsp3) is 0.500. The van der Waals surface area contributed by atoms with Gasteiger partial charge >= 0.3 is 0 Å². The van der Waals surface area contributed by atoms with Gasteiger partial charge in [-0.1, -0.05) is 6.92 Å². The largest absolute Gasteiger partial charge is 0.297 e. The Morgan fingerprint density at radius 3 is 3.25 bits per heavy atom. The SMILES string of the molecule is CC1CCc2c(csc2C=O)C1. The Morgan fingerprint density at radius 1 is 1.67 bits per heavy atom. The third-order valence-electron chi connectivity index (χ3n) is 2.58. The van der Waals surface area contributed by atoms with E-state index in [1.165, 1.54) is 24.0 Å². The minimum Gasteiger partial charge on any atom is -0.297 e. The average molecular weight is 180 g/mol. The number of hydrogen-bond acceptors (Lipinski definition) is 2. The predicted molar refractivity (Wildman–Crippen MR) is 50.9 cm³/mol. The fourth-order valence-electron chi connectivity index (χ4n) is 1.86. The van der Waals surface area contributed by atoms with Gasteiger partial charge in [0.15, 0.2) is 6.29 Å². The highest BCUT2D eigenvalue weighted by Gasteiger charge is 2.18. The molecule has 1 aliphatic carbocycles. The van der Waals surface area contributed by atoms with Gasteiger partial charge in [0.2, 0.25) is 0 Å². The summed E-state index contributed by atoms with van der Waals surface area (Å²) in [6, 6.07) is 0. The molecule has 0 bridgehead atoms. The van der Waals surface area contributed by atoms with E-state index < -0.39 is 0 Å². The summed E-state index contributed by atoms with van der Waals surface area (Å²) in [5, 5.41) is 2.15. The first-order valence-corrected chi connectivity index (χ1v) is 5.23. The highest BCUT2D eigenvalue weighted by Crippen LogP contribution is 2.31. The Bertz CT molecular complexity index is 301. The van der Waals surface area contributed by atoms with Crippen LogP contribution in [0.4, 0.5) is 0 Å². The van der Waals surface area contributed by atoms with Crippen molar-refractivity contribution in [1.82, 2.24) is 0 Å². The van der Waals surface area contributed by atoms with Crippen LogP contribution in [-0.2, 0) is 12.8 Å². The van der Waals surface area contributed by atoms with E-state index in [9.17, 15) is 4.79 Å². The van der Waals surface area contributed by atoms with E-state index >= 15 is 0 Å². The molecule has 0 saturated carbocycles. The summed E-state index contributed by atoms with van der Waals surface area (Å²) >= 11 is 1.60. The van der Waals surface area contributed by atoms with Crippen molar-refractivity contribution in [3.05, 3.63) is 21.4 Å². The predicted octanol–water partition coefficient (Wildman–Crippen LogP) is 2.69. The normalized spacial score (nSPS) is 21.9. The molecule has 1 nitrogen and oxygen atoms in total. The smallest absolute Gasteiger partial charge is 0.160 e. The molecule has 1 atom stereocenters. The number of aldehydes is 1. The van der Waals surface area contributed by atoms with Crippen LogP contribution in [0.15, 0.2) is 5.38 Å². The van der Waals surface area contributed by atoms with Gasteiger partial charge in [-0.3, -0.25) is 4.79 Å². The molecule has 0 radical (unpaired) electrons. The third-order valence-corrected chi connectivity index (χ3v) is 3.57. The first-order valence-electron chi connectivity index (χ1n) is 4.35. The minimum absolute atomic E-state index is 0.798. The quantitative estimate of drug-likeness (QED) is 0.607. The number of hydrogen-bond donors (Lipinski definition) is 0. The molecule has 0 aliphatic heterocycles. The maximum atomic E-state index is 10.6. The van der Waals surface area contributed by atoms with Crippen LogP contribution in [0, 0.1) is 5.92 Å². The molecule has 0 fully saturated rings. The summed E-state index contributed by atoms with van der Waals surface area (Å²) in [5.74, 6) is 0.798. The Balaban J connectivity index is 2.38. The van der Waals surface area contributed by atoms with E-state index in [4.69, 9.17) is 0 Å². The van der Waals surface area contributed by atoms with Crippen LogP contribution < -0.4 is 0 Å². The Morgan fingerprint density at radius 2 is 2.50 bits per heavy atom. The zero-order valence-electron chi connectivity index (χ0n) is 7.17. The lowest BCUT2D eigenvalue weighted by molar-refractivity contribution is 0.112. The second kappa shape index (κ2) is 3.02. The molecule has 1 unspecified atom stereocenters. The lowest BCUT2D eigenvalue weighted by atomic mass is 9.87. The number of thiophene rings is 1. The Hall–Kier alpha value is -0.630. The van der Waals surface area contributed by atoms with E-state index in [-0.39, 0.29) is 0 Å². The van der Waals surface area contributed by atoms with E-state index in [1.54, 1.807) is 11.3 Å². The zero-order valence-corrected chi connectivity index (χ0v) is 7.99. The second-order valence-electron chi connectivity index (χ2n) is 3.57. The zero-order chi connectivity index (χ0) is 8.55. The standard InChI is InChI=1S/C10H12OS/c1-7-2-3-9-8(4-7)6-12-10(9)5-11/h5-7H,2-4H2,1H3. The van der Waals surface area contributed by atoms with Crippen molar-refractivity contribution >= 4 is 17.6 Å². The number of carbonyl (C=O) groups is 1. The van der Waals surface area contributed by atoms with E-state index in [1.807, 2.05) is 0 Å². The number of carbonyl (C=O) groups excluding carboxylic acids is 1. The van der Waals surface area contributed by atoms with Gasteiger partial charge in [-0.25, -0.2) is 0 Å². The van der Waals surface area contributed by atoms with Crippen molar-refractivity contribution in [3.8, 4) is 0 Å². The molecule has 0 N–H and O–H groups in total. The molecule has 0 saturated heterocycles. The number of rotatable bonds is 1. The van der Waals surface area contributed by atoms with Gasteiger partial charge in [0.1, 0.15) is 0 Å². The molecule has 2 heteroatoms. The topological polar surface area (TPSA) is 17.1 Å². The summed E-state index contributed by atoms with van der Waals surface area (Å²) < 4.78 is 0. The van der Waals surface area contributed by atoms with Crippen molar-refractivity contribution in [1.29, 1.82) is 0 Å². The lowest BCUT2D eigenvalue weighted by Crippen LogP contribution is -2.10. The van der Waals surface area contributed by atoms with Crippen LogP contribution in [-0.4, -0.2) is 6.29 Å². The molecule has 64 valence electrons. The molecule has 1 aromatic rings. The van der Waals surface area contributed by atoms with Crippen LogP contribution in [0.25, 0.3) is 0 Å². The molecule has 1 aliphatic rings. The van der Waals surface area contributed by atoms with Gasteiger partial charge in [-0.2, -0.15) is 0 Å². The van der Waals surface area contributed by atoms with Gasteiger partial charge in [0, 0.05) is 0 Å². The minimum atomic E-state index is 0.798. The molecule has 0 amide bonds. The molecular weight excluding hydrogens is 168 g/mol. The highest BCUT2D eigenvalue weighted by atomic mass is 32.1.